The summed E-state index contributed by atoms with van der Waals surface area (Å²) >= 11 is 3.23. The van der Waals surface area contributed by atoms with Crippen LogP contribution in [0.1, 0.15) is 46.5 Å². The van der Waals surface area contributed by atoms with E-state index in [2.05, 4.69) is 36.9 Å². The Bertz CT molecular complexity index is 896. The maximum absolute atomic E-state index is 12.4. The summed E-state index contributed by atoms with van der Waals surface area (Å²) in [6.07, 6.45) is 1.84. The van der Waals surface area contributed by atoms with E-state index >= 15 is 0 Å². The topological polar surface area (TPSA) is 120 Å². The lowest BCUT2D eigenvalue weighted by Crippen LogP contribution is -2.43. The lowest BCUT2D eigenvalue weighted by Gasteiger charge is -2.28. The fraction of sp³-hybridized carbons (Fsp3) is 0.300. The van der Waals surface area contributed by atoms with Crippen molar-refractivity contribution in [2.24, 2.45) is 0 Å². The Morgan fingerprint density at radius 2 is 1.52 bits per heavy atom. The first kappa shape index (κ1) is 20.8. The van der Waals surface area contributed by atoms with Gasteiger partial charge in [-0.15, -0.1) is 0 Å². The summed E-state index contributed by atoms with van der Waals surface area (Å²) in [4.78, 5) is 39.5. The number of aromatic nitrogens is 1. The van der Waals surface area contributed by atoms with E-state index in [9.17, 15) is 14.4 Å². The molecule has 0 aliphatic heterocycles. The number of carbonyl (C=O) groups is 3. The number of pyridine rings is 1. The lowest BCUT2D eigenvalue weighted by molar-refractivity contribution is 0.0922. The predicted octanol–water partition coefficient (Wildman–Crippen LogP) is 3.41. The van der Waals surface area contributed by atoms with Crippen LogP contribution in [0.2, 0.25) is 0 Å². The van der Waals surface area contributed by atoms with Gasteiger partial charge in [0, 0.05) is 23.3 Å². The van der Waals surface area contributed by atoms with Crippen molar-refractivity contribution in [3.8, 4) is 0 Å². The molecule has 1 heterocycles. The summed E-state index contributed by atoms with van der Waals surface area (Å²) in [6, 6.07) is 11.7. The molecule has 3 amide bonds. The zero-order chi connectivity index (χ0) is 20.8. The van der Waals surface area contributed by atoms with Crippen LogP contribution in [0.15, 0.2) is 47.1 Å². The fourth-order valence-corrected chi connectivity index (χ4v) is 3.60. The van der Waals surface area contributed by atoms with Gasteiger partial charge in [-0.05, 0) is 78.0 Å². The molecule has 0 bridgehead atoms. The molecule has 1 aliphatic carbocycles. The van der Waals surface area contributed by atoms with Gasteiger partial charge in [0.05, 0.1) is 0 Å². The van der Waals surface area contributed by atoms with E-state index in [1.165, 1.54) is 0 Å². The summed E-state index contributed by atoms with van der Waals surface area (Å²) in [6.45, 7) is 0. The minimum absolute atomic E-state index is 0.0244. The molecule has 152 valence electrons. The zero-order valence-corrected chi connectivity index (χ0v) is 17.1. The van der Waals surface area contributed by atoms with Crippen LogP contribution in [-0.2, 0) is 0 Å². The second kappa shape index (κ2) is 9.51. The van der Waals surface area contributed by atoms with Gasteiger partial charge in [0.2, 0.25) is 0 Å². The third kappa shape index (κ3) is 6.02. The van der Waals surface area contributed by atoms with Gasteiger partial charge in [0.1, 0.15) is 10.3 Å². The summed E-state index contributed by atoms with van der Waals surface area (Å²) in [7, 11) is 0. The minimum atomic E-state index is -1.01. The maximum atomic E-state index is 12.4. The third-order valence-corrected chi connectivity index (χ3v) is 5.18. The quantitative estimate of drug-likeness (QED) is 0.509. The van der Waals surface area contributed by atoms with Gasteiger partial charge in [-0.25, -0.2) is 9.78 Å². The predicted molar refractivity (Wildman–Crippen MR) is 111 cm³/mol. The Labute approximate surface area is 176 Å². The van der Waals surface area contributed by atoms with Gasteiger partial charge in [0.15, 0.2) is 0 Å². The van der Waals surface area contributed by atoms with E-state index in [4.69, 9.17) is 5.11 Å². The number of nitrogens with one attached hydrogen (secondary N) is 3. The number of nitrogens with zero attached hydrogens (tertiary/aromatic N) is 1. The van der Waals surface area contributed by atoms with Gasteiger partial charge in [-0.2, -0.15) is 0 Å². The van der Waals surface area contributed by atoms with Crippen LogP contribution in [0.5, 0.6) is 0 Å². The summed E-state index contributed by atoms with van der Waals surface area (Å²) < 4.78 is 0.574. The van der Waals surface area contributed by atoms with Crippen LogP contribution in [0.3, 0.4) is 0 Å². The Hall–Kier alpha value is -2.94. The van der Waals surface area contributed by atoms with Crippen LogP contribution in [0.25, 0.3) is 0 Å². The fourth-order valence-electron chi connectivity index (χ4n) is 3.26. The average Bonchev–Trinajstić information content (AvgIpc) is 2.69. The Morgan fingerprint density at radius 1 is 0.897 bits per heavy atom. The zero-order valence-electron chi connectivity index (χ0n) is 15.5. The van der Waals surface area contributed by atoms with Gasteiger partial charge in [-0.1, -0.05) is 6.07 Å². The number of carboxylic acid groups (broad SMARTS) is 1. The van der Waals surface area contributed by atoms with E-state index < -0.39 is 6.09 Å². The molecule has 2 aromatic rings. The monoisotopic (exact) mass is 460 g/mol. The van der Waals surface area contributed by atoms with Crippen molar-refractivity contribution >= 4 is 39.5 Å². The van der Waals surface area contributed by atoms with Gasteiger partial charge < -0.3 is 21.1 Å². The first-order valence-corrected chi connectivity index (χ1v) is 10.0. The summed E-state index contributed by atoms with van der Waals surface area (Å²) in [5.41, 5.74) is 1.34. The number of amides is 3. The van der Waals surface area contributed by atoms with Crippen LogP contribution >= 0.6 is 15.9 Å². The summed E-state index contributed by atoms with van der Waals surface area (Å²) in [5, 5.41) is 17.0. The highest BCUT2D eigenvalue weighted by Crippen LogP contribution is 2.19. The molecule has 1 aliphatic rings. The normalized spacial score (nSPS) is 18.5. The molecule has 0 unspecified atom stereocenters. The number of benzene rings is 1. The maximum Gasteiger partial charge on any atom is 0.404 e. The number of hydrogen-bond donors (Lipinski definition) is 4. The Kier molecular flexibility index (Phi) is 6.82. The molecule has 0 atom stereocenters. The van der Waals surface area contributed by atoms with Crippen LogP contribution in [0.4, 0.5) is 10.5 Å². The van der Waals surface area contributed by atoms with E-state index in [0.29, 0.717) is 28.7 Å². The molecule has 4 N–H and O–H groups in total. The number of rotatable bonds is 5. The van der Waals surface area contributed by atoms with E-state index in [0.717, 1.165) is 12.8 Å². The highest BCUT2D eigenvalue weighted by Gasteiger charge is 2.23. The highest BCUT2D eigenvalue weighted by molar-refractivity contribution is 9.10. The summed E-state index contributed by atoms with van der Waals surface area (Å²) in [5.74, 6) is -0.526. The molecule has 0 radical (unpaired) electrons. The van der Waals surface area contributed by atoms with Crippen molar-refractivity contribution < 1.29 is 19.5 Å². The molecular weight excluding hydrogens is 440 g/mol. The standard InChI is InChI=1S/C20H21BrN4O4/c21-17-3-1-2-16(25-17)19(27)23-13-6-4-12(5-7-13)18(26)22-14-8-10-15(11-9-14)24-20(28)29/h1-7,14-15,24H,8-11H2,(H,22,26)(H,23,27)(H,28,29)/t14-,15-. The van der Waals surface area contributed by atoms with Crippen LogP contribution in [-0.4, -0.2) is 40.1 Å². The average molecular weight is 461 g/mol. The first-order valence-electron chi connectivity index (χ1n) is 9.25. The van der Waals surface area contributed by atoms with Gasteiger partial charge >= 0.3 is 6.09 Å². The molecular formula is C20H21BrN4O4. The number of carbonyl (C=O) groups excluding carboxylic acids is 2. The van der Waals surface area contributed by atoms with Crippen molar-refractivity contribution in [3.63, 3.8) is 0 Å². The molecule has 3 rings (SSSR count). The van der Waals surface area contributed by atoms with Crippen LogP contribution in [0, 0.1) is 0 Å². The van der Waals surface area contributed by atoms with Crippen LogP contribution < -0.4 is 16.0 Å². The van der Waals surface area contributed by atoms with Crippen molar-refractivity contribution in [2.45, 2.75) is 37.8 Å². The minimum Gasteiger partial charge on any atom is -0.465 e. The number of halogens is 1. The SMILES string of the molecule is O=C(O)N[C@H]1CC[C@H](NC(=O)c2ccc(NC(=O)c3cccc(Br)n3)cc2)CC1. The third-order valence-electron chi connectivity index (χ3n) is 4.74. The van der Waals surface area contributed by atoms with Crippen molar-refractivity contribution in [1.29, 1.82) is 0 Å². The van der Waals surface area contributed by atoms with E-state index in [-0.39, 0.29) is 29.6 Å². The molecule has 0 saturated heterocycles. The molecule has 9 heteroatoms. The Balaban J connectivity index is 1.51. The second-order valence-corrected chi connectivity index (χ2v) is 7.66. The molecule has 1 fully saturated rings. The number of anilines is 1. The highest BCUT2D eigenvalue weighted by atomic mass is 79.9. The Morgan fingerprint density at radius 3 is 2.10 bits per heavy atom. The van der Waals surface area contributed by atoms with Crippen molar-refractivity contribution in [1.82, 2.24) is 15.6 Å². The van der Waals surface area contributed by atoms with Gasteiger partial charge in [-0.3, -0.25) is 9.59 Å². The largest absolute Gasteiger partial charge is 0.465 e. The molecule has 0 spiro atoms. The molecule has 29 heavy (non-hydrogen) atoms. The van der Waals surface area contributed by atoms with Crippen molar-refractivity contribution in [2.75, 3.05) is 5.32 Å². The molecule has 1 saturated carbocycles. The molecule has 1 aromatic carbocycles. The number of hydrogen-bond acceptors (Lipinski definition) is 4. The second-order valence-electron chi connectivity index (χ2n) is 6.85. The van der Waals surface area contributed by atoms with E-state index in [1.807, 2.05) is 0 Å². The van der Waals surface area contributed by atoms with Gasteiger partial charge in [0.25, 0.3) is 11.8 Å². The molecule has 1 aromatic heterocycles. The van der Waals surface area contributed by atoms with E-state index in [1.54, 1.807) is 42.5 Å². The van der Waals surface area contributed by atoms with Crippen molar-refractivity contribution in [3.05, 3.63) is 58.3 Å². The molecule has 8 nitrogen and oxygen atoms in total. The lowest BCUT2D eigenvalue weighted by atomic mass is 9.91. The first-order chi connectivity index (χ1) is 13.9. The smallest absolute Gasteiger partial charge is 0.404 e.